The fourth-order valence-corrected chi connectivity index (χ4v) is 4.07. The highest BCUT2D eigenvalue weighted by molar-refractivity contribution is 5.86. The fraction of sp³-hybridized carbons (Fsp3) is 0.133. The van der Waals surface area contributed by atoms with Crippen LogP contribution in [0.4, 0.5) is 0 Å². The van der Waals surface area contributed by atoms with Gasteiger partial charge >= 0.3 is 0 Å². The average molecular weight is 389 g/mol. The van der Waals surface area contributed by atoms with Gasteiger partial charge in [0, 0.05) is 0 Å². The van der Waals surface area contributed by atoms with Gasteiger partial charge in [-0.25, -0.2) is 0 Å². The minimum atomic E-state index is 0.908. The monoisotopic (exact) mass is 388 g/mol. The minimum absolute atomic E-state index is 0.908. The number of allylic oxidation sites excluding steroid dienone is 6. The quantitative estimate of drug-likeness (QED) is 0.356. The summed E-state index contributed by atoms with van der Waals surface area (Å²) < 4.78 is 0. The smallest absolute Gasteiger partial charge is 0.0139 e. The third kappa shape index (κ3) is 4.44. The van der Waals surface area contributed by atoms with E-state index in [1.54, 1.807) is 0 Å². The first-order valence-corrected chi connectivity index (χ1v) is 10.7. The molecule has 0 saturated carbocycles. The molecule has 0 unspecified atom stereocenters. The standard InChI is InChI=1S/C30H28/c1-3-23(2)19-20-28-29(25-15-9-5-10-16-25)21-27(24-13-7-4-8-14-24)22-30(28)26-17-11-6-12-18-26/h3,5-7,9-18,21-22H,1-2,4,8,19-20H2. The summed E-state index contributed by atoms with van der Waals surface area (Å²) in [5, 5.41) is 0. The summed E-state index contributed by atoms with van der Waals surface area (Å²) in [5.74, 6) is 0. The Kier molecular flexibility index (Phi) is 6.25. The molecule has 0 spiro atoms. The van der Waals surface area contributed by atoms with Gasteiger partial charge in [0.15, 0.2) is 0 Å². The Morgan fingerprint density at radius 1 is 0.800 bits per heavy atom. The van der Waals surface area contributed by atoms with E-state index in [-0.39, 0.29) is 0 Å². The van der Waals surface area contributed by atoms with Crippen LogP contribution in [0.3, 0.4) is 0 Å². The second-order valence-electron chi connectivity index (χ2n) is 7.78. The number of hydrogen-bond donors (Lipinski definition) is 0. The molecule has 0 heterocycles. The van der Waals surface area contributed by atoms with Crippen LogP contribution in [0.25, 0.3) is 27.8 Å². The van der Waals surface area contributed by atoms with Gasteiger partial charge in [0.05, 0.1) is 0 Å². The molecule has 1 aliphatic rings. The first-order chi connectivity index (χ1) is 14.8. The zero-order chi connectivity index (χ0) is 20.8. The highest BCUT2D eigenvalue weighted by Gasteiger charge is 2.16. The van der Waals surface area contributed by atoms with E-state index in [2.05, 4.69) is 104 Å². The van der Waals surface area contributed by atoms with Crippen molar-refractivity contribution in [3.63, 3.8) is 0 Å². The van der Waals surface area contributed by atoms with E-state index >= 15 is 0 Å². The molecule has 3 aromatic carbocycles. The third-order valence-electron chi connectivity index (χ3n) is 5.73. The van der Waals surface area contributed by atoms with E-state index in [4.69, 9.17) is 0 Å². The second-order valence-corrected chi connectivity index (χ2v) is 7.78. The molecular formula is C30H28. The maximum Gasteiger partial charge on any atom is -0.0139 e. The van der Waals surface area contributed by atoms with E-state index in [1.165, 1.54) is 39.0 Å². The number of hydrogen-bond acceptors (Lipinski definition) is 0. The lowest BCUT2D eigenvalue weighted by Gasteiger charge is -2.20. The summed E-state index contributed by atoms with van der Waals surface area (Å²) in [6.45, 7) is 8.04. The lowest BCUT2D eigenvalue weighted by atomic mass is 9.84. The molecule has 1 aliphatic carbocycles. The van der Waals surface area contributed by atoms with Crippen LogP contribution >= 0.6 is 0 Å². The third-order valence-corrected chi connectivity index (χ3v) is 5.73. The van der Waals surface area contributed by atoms with Crippen LogP contribution in [0, 0.1) is 0 Å². The SMILES string of the molecule is C=CC(=C)CCc1c(-c2ccccc2)cc(C2=CCCC=C2)cc1-c1ccccc1. The molecule has 3 aromatic rings. The first kappa shape index (κ1) is 19.9. The predicted molar refractivity (Wildman–Crippen MR) is 131 cm³/mol. The van der Waals surface area contributed by atoms with Crippen molar-refractivity contribution in [2.45, 2.75) is 25.7 Å². The minimum Gasteiger partial charge on any atom is -0.0988 e. The molecule has 148 valence electrons. The summed E-state index contributed by atoms with van der Waals surface area (Å²) in [7, 11) is 0. The Morgan fingerprint density at radius 3 is 1.90 bits per heavy atom. The summed E-state index contributed by atoms with van der Waals surface area (Å²) in [6, 6.07) is 26.2. The second kappa shape index (κ2) is 9.41. The van der Waals surface area contributed by atoms with Gasteiger partial charge in [0.25, 0.3) is 0 Å². The molecule has 0 heteroatoms. The van der Waals surface area contributed by atoms with Crippen LogP contribution in [0.15, 0.2) is 116 Å². The van der Waals surface area contributed by atoms with Crippen molar-refractivity contribution in [1.29, 1.82) is 0 Å². The molecule has 4 rings (SSSR count). The molecule has 0 atom stereocenters. The van der Waals surface area contributed by atoms with Gasteiger partial charge in [-0.05, 0) is 76.8 Å². The van der Waals surface area contributed by atoms with Crippen molar-refractivity contribution in [3.05, 3.63) is 127 Å². The van der Waals surface area contributed by atoms with E-state index in [0.29, 0.717) is 0 Å². The highest BCUT2D eigenvalue weighted by atomic mass is 14.2. The van der Waals surface area contributed by atoms with Gasteiger partial charge in [0.2, 0.25) is 0 Å². The zero-order valence-electron chi connectivity index (χ0n) is 17.5. The van der Waals surface area contributed by atoms with Crippen LogP contribution in [0.5, 0.6) is 0 Å². The summed E-state index contributed by atoms with van der Waals surface area (Å²) in [6.07, 6.45) is 12.9. The van der Waals surface area contributed by atoms with Crippen LogP contribution in [-0.4, -0.2) is 0 Å². The molecular weight excluding hydrogens is 360 g/mol. The Labute approximate surface area is 180 Å². The van der Waals surface area contributed by atoms with Gasteiger partial charge in [-0.2, -0.15) is 0 Å². The van der Waals surface area contributed by atoms with E-state index in [9.17, 15) is 0 Å². The summed E-state index contributed by atoms with van der Waals surface area (Å²) >= 11 is 0. The topological polar surface area (TPSA) is 0 Å². The molecule has 0 aliphatic heterocycles. The molecule has 0 nitrogen and oxygen atoms in total. The lowest BCUT2D eigenvalue weighted by Crippen LogP contribution is -1.99. The van der Waals surface area contributed by atoms with Crippen LogP contribution < -0.4 is 0 Å². The molecule has 0 saturated heterocycles. The molecule has 0 fully saturated rings. The summed E-state index contributed by atoms with van der Waals surface area (Å²) in [4.78, 5) is 0. The number of rotatable bonds is 7. The summed E-state index contributed by atoms with van der Waals surface area (Å²) in [5.41, 5.74) is 10.2. The van der Waals surface area contributed by atoms with Gasteiger partial charge in [-0.1, -0.05) is 104 Å². The first-order valence-electron chi connectivity index (χ1n) is 10.7. The molecule has 30 heavy (non-hydrogen) atoms. The Bertz CT molecular complexity index is 1030. The Morgan fingerprint density at radius 2 is 1.40 bits per heavy atom. The van der Waals surface area contributed by atoms with Crippen molar-refractivity contribution in [1.82, 2.24) is 0 Å². The maximum absolute atomic E-state index is 4.15. The maximum atomic E-state index is 4.15. The number of benzene rings is 3. The molecule has 0 aromatic heterocycles. The van der Waals surface area contributed by atoms with E-state index in [1.807, 2.05) is 6.08 Å². The predicted octanol–water partition coefficient (Wildman–Crippen LogP) is 8.43. The highest BCUT2D eigenvalue weighted by Crippen LogP contribution is 2.38. The molecule has 0 N–H and O–H groups in total. The zero-order valence-corrected chi connectivity index (χ0v) is 17.5. The van der Waals surface area contributed by atoms with Crippen molar-refractivity contribution in [3.8, 4) is 22.3 Å². The fourth-order valence-electron chi connectivity index (χ4n) is 4.07. The Hall–Kier alpha value is -3.38. The van der Waals surface area contributed by atoms with Gasteiger partial charge in [-0.15, -0.1) is 0 Å². The molecule has 0 amide bonds. The van der Waals surface area contributed by atoms with Crippen molar-refractivity contribution < 1.29 is 0 Å². The van der Waals surface area contributed by atoms with Crippen LogP contribution in [-0.2, 0) is 6.42 Å². The van der Waals surface area contributed by atoms with Gasteiger partial charge in [-0.3, -0.25) is 0 Å². The van der Waals surface area contributed by atoms with Gasteiger partial charge < -0.3 is 0 Å². The normalized spacial score (nSPS) is 13.0. The van der Waals surface area contributed by atoms with Crippen LogP contribution in [0.1, 0.15) is 30.4 Å². The van der Waals surface area contributed by atoms with Crippen LogP contribution in [0.2, 0.25) is 0 Å². The van der Waals surface area contributed by atoms with Gasteiger partial charge in [0.1, 0.15) is 0 Å². The van der Waals surface area contributed by atoms with Crippen molar-refractivity contribution in [2.75, 3.05) is 0 Å². The average Bonchev–Trinajstić information content (AvgIpc) is 2.83. The lowest BCUT2D eigenvalue weighted by molar-refractivity contribution is 0.973. The Balaban J connectivity index is 1.94. The van der Waals surface area contributed by atoms with Crippen molar-refractivity contribution >= 4 is 5.57 Å². The molecule has 0 radical (unpaired) electrons. The van der Waals surface area contributed by atoms with Crippen molar-refractivity contribution in [2.24, 2.45) is 0 Å². The molecule has 0 bridgehead atoms. The van der Waals surface area contributed by atoms with E-state index < -0.39 is 0 Å². The largest absolute Gasteiger partial charge is 0.0988 e. The van der Waals surface area contributed by atoms with E-state index in [0.717, 1.165) is 31.3 Å².